The highest BCUT2D eigenvalue weighted by molar-refractivity contribution is 5.90. The van der Waals surface area contributed by atoms with Crippen LogP contribution in [0.1, 0.15) is 23.8 Å². The van der Waals surface area contributed by atoms with Crippen LogP contribution in [0.15, 0.2) is 60.5 Å². The highest BCUT2D eigenvalue weighted by Crippen LogP contribution is 2.31. The van der Waals surface area contributed by atoms with E-state index in [-0.39, 0.29) is 17.7 Å². The molecule has 0 radical (unpaired) electrons. The molecule has 0 amide bonds. The Morgan fingerprint density at radius 3 is 2.37 bits per heavy atom. The van der Waals surface area contributed by atoms with Gasteiger partial charge < -0.3 is 15.3 Å². The number of allylic oxidation sites excluding steroid dienone is 2. The maximum Gasteiger partial charge on any atom is 0.356 e. The number of carboxylic acids is 3. The van der Waals surface area contributed by atoms with Crippen LogP contribution in [-0.2, 0) is 9.59 Å². The van der Waals surface area contributed by atoms with Crippen LogP contribution in [0.25, 0.3) is 5.82 Å². The summed E-state index contributed by atoms with van der Waals surface area (Å²) in [6.07, 6.45) is 7.62. The third kappa shape index (κ3) is 4.88. The number of hydrogen-bond acceptors (Lipinski definition) is 5. The van der Waals surface area contributed by atoms with Gasteiger partial charge in [0.1, 0.15) is 0 Å². The van der Waals surface area contributed by atoms with Crippen molar-refractivity contribution < 1.29 is 29.7 Å². The molecule has 0 aromatic carbocycles. The van der Waals surface area contributed by atoms with Crippen molar-refractivity contribution in [1.29, 1.82) is 0 Å². The second kappa shape index (κ2) is 8.09. The molecule has 9 nitrogen and oxygen atoms in total. The van der Waals surface area contributed by atoms with Gasteiger partial charge in [-0.2, -0.15) is 5.10 Å². The van der Waals surface area contributed by atoms with E-state index in [1.807, 2.05) is 6.07 Å². The molecule has 0 fully saturated rings. The molecule has 2 aromatic rings. The SMILES string of the molecule is CC1(C(=O)O)C=CC=C(C(=O)O)C1.O=C(O)c1ccn(-c2ccccn2)n1. The van der Waals surface area contributed by atoms with Crippen LogP contribution in [0.4, 0.5) is 0 Å². The van der Waals surface area contributed by atoms with Crippen molar-refractivity contribution in [2.24, 2.45) is 5.41 Å². The summed E-state index contributed by atoms with van der Waals surface area (Å²) in [6.45, 7) is 1.50. The van der Waals surface area contributed by atoms with Gasteiger partial charge in [-0.1, -0.05) is 24.3 Å². The van der Waals surface area contributed by atoms with E-state index in [1.165, 1.54) is 35.9 Å². The molecule has 1 aliphatic carbocycles. The Kier molecular flexibility index (Phi) is 5.86. The lowest BCUT2D eigenvalue weighted by molar-refractivity contribution is -0.145. The molecule has 1 unspecified atom stereocenters. The maximum atomic E-state index is 10.8. The molecule has 0 aliphatic heterocycles. The minimum absolute atomic E-state index is 0.00986. The van der Waals surface area contributed by atoms with Crippen LogP contribution in [-0.4, -0.2) is 48.0 Å². The van der Waals surface area contributed by atoms with Crippen molar-refractivity contribution in [1.82, 2.24) is 14.8 Å². The van der Waals surface area contributed by atoms with E-state index in [9.17, 15) is 14.4 Å². The van der Waals surface area contributed by atoms with Crippen molar-refractivity contribution in [3.8, 4) is 5.82 Å². The van der Waals surface area contributed by atoms with Crippen molar-refractivity contribution in [2.45, 2.75) is 13.3 Å². The zero-order valence-electron chi connectivity index (χ0n) is 14.3. The normalized spacial score (nSPS) is 18.0. The Labute approximate surface area is 153 Å². The van der Waals surface area contributed by atoms with Crippen molar-refractivity contribution >= 4 is 17.9 Å². The van der Waals surface area contributed by atoms with Gasteiger partial charge in [0.2, 0.25) is 0 Å². The minimum atomic E-state index is -1.08. The van der Waals surface area contributed by atoms with Gasteiger partial charge in [-0.05, 0) is 31.5 Å². The van der Waals surface area contributed by atoms with E-state index < -0.39 is 23.3 Å². The summed E-state index contributed by atoms with van der Waals surface area (Å²) >= 11 is 0. The average Bonchev–Trinajstić information content (AvgIpc) is 3.13. The topological polar surface area (TPSA) is 143 Å². The van der Waals surface area contributed by atoms with Gasteiger partial charge in [-0.25, -0.2) is 19.3 Å². The second-order valence-electron chi connectivity index (χ2n) is 5.89. The summed E-state index contributed by atoms with van der Waals surface area (Å²) in [6, 6.07) is 6.77. The van der Waals surface area contributed by atoms with Crippen LogP contribution >= 0.6 is 0 Å². The number of aromatic nitrogens is 3. The van der Waals surface area contributed by atoms with E-state index in [4.69, 9.17) is 15.3 Å². The lowest BCUT2D eigenvalue weighted by Gasteiger charge is -2.23. The molecule has 0 spiro atoms. The summed E-state index contributed by atoms with van der Waals surface area (Å²) in [4.78, 5) is 35.9. The van der Waals surface area contributed by atoms with Crippen LogP contribution in [0.2, 0.25) is 0 Å². The van der Waals surface area contributed by atoms with Crippen molar-refractivity contribution in [2.75, 3.05) is 0 Å². The first-order chi connectivity index (χ1) is 12.7. The molecule has 2 heterocycles. The van der Waals surface area contributed by atoms with E-state index in [2.05, 4.69) is 10.1 Å². The highest BCUT2D eigenvalue weighted by Gasteiger charge is 2.34. The van der Waals surface area contributed by atoms with Gasteiger partial charge in [0.25, 0.3) is 0 Å². The molecule has 0 saturated carbocycles. The van der Waals surface area contributed by atoms with E-state index >= 15 is 0 Å². The molecule has 0 bridgehead atoms. The molecule has 27 heavy (non-hydrogen) atoms. The van der Waals surface area contributed by atoms with Gasteiger partial charge in [-0.3, -0.25) is 4.79 Å². The quantitative estimate of drug-likeness (QED) is 0.741. The Morgan fingerprint density at radius 2 is 1.85 bits per heavy atom. The van der Waals surface area contributed by atoms with E-state index in [0.717, 1.165) is 0 Å². The summed E-state index contributed by atoms with van der Waals surface area (Å²) in [5, 5.41) is 30.0. The fraction of sp³-hybridized carbons (Fsp3) is 0.167. The van der Waals surface area contributed by atoms with Gasteiger partial charge >= 0.3 is 17.9 Å². The van der Waals surface area contributed by atoms with Gasteiger partial charge in [0.05, 0.1) is 5.41 Å². The van der Waals surface area contributed by atoms with Gasteiger partial charge in [0, 0.05) is 18.0 Å². The Bertz CT molecular complexity index is 916. The fourth-order valence-corrected chi connectivity index (χ4v) is 2.24. The number of carboxylic acid groups (broad SMARTS) is 3. The first-order valence-electron chi connectivity index (χ1n) is 7.78. The Morgan fingerprint density at radius 1 is 1.11 bits per heavy atom. The summed E-state index contributed by atoms with van der Waals surface area (Å²) in [7, 11) is 0. The molecule has 2 aromatic heterocycles. The van der Waals surface area contributed by atoms with Crippen molar-refractivity contribution in [3.05, 3.63) is 66.2 Å². The molecule has 1 atom stereocenters. The van der Waals surface area contributed by atoms with Crippen molar-refractivity contribution in [3.63, 3.8) is 0 Å². The first kappa shape index (κ1) is 19.6. The Balaban J connectivity index is 0.000000194. The molecule has 1 aliphatic rings. The summed E-state index contributed by atoms with van der Waals surface area (Å²) in [5.41, 5.74) is -0.939. The van der Waals surface area contributed by atoms with Crippen LogP contribution < -0.4 is 0 Å². The van der Waals surface area contributed by atoms with E-state index in [0.29, 0.717) is 5.82 Å². The highest BCUT2D eigenvalue weighted by atomic mass is 16.4. The monoisotopic (exact) mass is 371 g/mol. The molecular weight excluding hydrogens is 354 g/mol. The molecule has 140 valence electrons. The largest absolute Gasteiger partial charge is 0.481 e. The number of hydrogen-bond donors (Lipinski definition) is 3. The molecule has 3 rings (SSSR count). The number of carbonyl (C=O) groups is 3. The van der Waals surface area contributed by atoms with Crippen LogP contribution in [0, 0.1) is 5.41 Å². The van der Waals surface area contributed by atoms with Gasteiger partial charge in [-0.15, -0.1) is 0 Å². The maximum absolute atomic E-state index is 10.8. The molecule has 0 saturated heterocycles. The number of pyridine rings is 1. The number of rotatable bonds is 4. The average molecular weight is 371 g/mol. The number of aliphatic carboxylic acids is 2. The lowest BCUT2D eigenvalue weighted by atomic mass is 9.80. The van der Waals surface area contributed by atoms with Gasteiger partial charge in [0.15, 0.2) is 11.5 Å². The summed E-state index contributed by atoms with van der Waals surface area (Å²) < 4.78 is 1.42. The zero-order chi connectivity index (χ0) is 20.0. The molecule has 3 N–H and O–H groups in total. The third-order valence-electron chi connectivity index (χ3n) is 3.77. The lowest BCUT2D eigenvalue weighted by Crippen LogP contribution is -2.28. The fourth-order valence-electron chi connectivity index (χ4n) is 2.24. The summed E-state index contributed by atoms with van der Waals surface area (Å²) in [5.74, 6) is -2.51. The zero-order valence-corrected chi connectivity index (χ0v) is 14.3. The molecular formula is C18H17N3O6. The predicted octanol–water partition coefficient (Wildman–Crippen LogP) is 2.01. The Hall–Kier alpha value is -3.75. The number of nitrogens with zero attached hydrogens (tertiary/aromatic N) is 3. The second-order valence-corrected chi connectivity index (χ2v) is 5.89. The van der Waals surface area contributed by atoms with Crippen LogP contribution in [0.5, 0.6) is 0 Å². The smallest absolute Gasteiger partial charge is 0.356 e. The minimum Gasteiger partial charge on any atom is -0.481 e. The first-order valence-corrected chi connectivity index (χ1v) is 7.78. The van der Waals surface area contributed by atoms with Crippen LogP contribution in [0.3, 0.4) is 0 Å². The number of aromatic carboxylic acids is 1. The molecule has 9 heteroatoms. The third-order valence-corrected chi connectivity index (χ3v) is 3.77. The standard InChI is InChI=1S/C9H7N3O2.C9H10O4/c13-9(14)7-4-6-12(11-7)8-3-1-2-5-10-8;1-9(8(12)13)4-2-3-6(5-9)7(10)11/h1-6H,(H,13,14);2-4H,5H2,1H3,(H,10,11)(H,12,13). The predicted molar refractivity (Wildman–Crippen MR) is 93.5 cm³/mol. The van der Waals surface area contributed by atoms with E-state index in [1.54, 1.807) is 24.5 Å².